The number of hydrogen-bond acceptors (Lipinski definition) is 7. The molecule has 2 aliphatic rings. The van der Waals surface area contributed by atoms with Gasteiger partial charge in [-0.1, -0.05) is 18.6 Å². The number of rotatable bonds is 9. The van der Waals surface area contributed by atoms with Crippen LogP contribution >= 0.6 is 0 Å². The van der Waals surface area contributed by atoms with Gasteiger partial charge in [-0.3, -0.25) is 4.98 Å². The van der Waals surface area contributed by atoms with E-state index in [9.17, 15) is 23.4 Å². The number of sulfone groups is 1. The van der Waals surface area contributed by atoms with E-state index in [4.69, 9.17) is 10.5 Å². The Labute approximate surface area is 193 Å². The first-order chi connectivity index (χ1) is 15.7. The summed E-state index contributed by atoms with van der Waals surface area (Å²) in [5.41, 5.74) is 4.53. The molecular formula is C24H30N2O6S. The largest absolute Gasteiger partial charge is 0.490 e. The van der Waals surface area contributed by atoms with Crippen molar-refractivity contribution in [1.29, 1.82) is 0 Å². The van der Waals surface area contributed by atoms with Crippen LogP contribution in [0.25, 0.3) is 0 Å². The molecule has 4 N–H and O–H groups in total. The fraction of sp³-hybridized carbons (Fsp3) is 0.500. The molecule has 1 aromatic heterocycles. The van der Waals surface area contributed by atoms with E-state index in [1.54, 1.807) is 12.1 Å². The molecule has 0 aliphatic heterocycles. The molecule has 4 rings (SSSR count). The average molecular weight is 475 g/mol. The van der Waals surface area contributed by atoms with E-state index in [-0.39, 0.29) is 22.7 Å². The molecule has 0 saturated heterocycles. The number of nitrogens with zero attached hydrogens (tertiary/aromatic N) is 1. The van der Waals surface area contributed by atoms with Gasteiger partial charge >= 0.3 is 5.97 Å². The lowest BCUT2D eigenvalue weighted by atomic mass is 9.85. The molecule has 8 nitrogen and oxygen atoms in total. The van der Waals surface area contributed by atoms with E-state index in [2.05, 4.69) is 4.98 Å². The van der Waals surface area contributed by atoms with Crippen LogP contribution in [0.5, 0.6) is 5.75 Å². The highest BCUT2D eigenvalue weighted by molar-refractivity contribution is 7.92. The Morgan fingerprint density at radius 1 is 1.12 bits per heavy atom. The number of aliphatic hydroxyl groups is 1. The summed E-state index contributed by atoms with van der Waals surface area (Å²) in [6, 6.07) is 7.83. The van der Waals surface area contributed by atoms with Crippen LogP contribution in [-0.4, -0.2) is 46.5 Å². The van der Waals surface area contributed by atoms with Gasteiger partial charge in [0.2, 0.25) is 0 Å². The minimum Gasteiger partial charge on any atom is -0.490 e. The predicted octanol–water partition coefficient (Wildman–Crippen LogP) is 2.79. The quantitative estimate of drug-likeness (QED) is 0.504. The SMILES string of the molecule is N[C@@H](c1ccc(S(=O)(=O)C2CC2)cc1)[C@](O)(Cc1cc(OC2CCCCC2)ccn1)C(=O)O. The van der Waals surface area contributed by atoms with Crippen LogP contribution in [0.4, 0.5) is 0 Å². The van der Waals surface area contributed by atoms with E-state index in [0.29, 0.717) is 29.8 Å². The number of aromatic nitrogens is 1. The van der Waals surface area contributed by atoms with Gasteiger partial charge in [0, 0.05) is 24.4 Å². The van der Waals surface area contributed by atoms with Crippen molar-refractivity contribution in [1.82, 2.24) is 4.98 Å². The summed E-state index contributed by atoms with van der Waals surface area (Å²) in [7, 11) is -3.37. The van der Waals surface area contributed by atoms with Crippen molar-refractivity contribution >= 4 is 15.8 Å². The smallest absolute Gasteiger partial charge is 0.338 e. The van der Waals surface area contributed by atoms with Gasteiger partial charge in [-0.25, -0.2) is 13.2 Å². The van der Waals surface area contributed by atoms with E-state index in [0.717, 1.165) is 25.7 Å². The molecule has 0 amide bonds. The number of carbonyl (C=O) groups is 1. The van der Waals surface area contributed by atoms with Crippen molar-refractivity contribution in [3.05, 3.63) is 53.9 Å². The molecular weight excluding hydrogens is 444 g/mol. The molecule has 2 atom stereocenters. The maximum absolute atomic E-state index is 12.4. The molecule has 2 saturated carbocycles. The Morgan fingerprint density at radius 2 is 1.79 bits per heavy atom. The normalized spacial score (nSPS) is 20.1. The molecule has 2 aliphatic carbocycles. The van der Waals surface area contributed by atoms with Crippen molar-refractivity contribution in [2.24, 2.45) is 5.73 Å². The van der Waals surface area contributed by atoms with Gasteiger partial charge in [-0.05, 0) is 62.3 Å². The number of hydrogen-bond donors (Lipinski definition) is 3. The van der Waals surface area contributed by atoms with Gasteiger partial charge in [0.15, 0.2) is 15.4 Å². The average Bonchev–Trinajstić information content (AvgIpc) is 3.66. The number of nitrogens with two attached hydrogens (primary N) is 1. The second-order valence-corrected chi connectivity index (χ2v) is 11.3. The zero-order chi connectivity index (χ0) is 23.6. The van der Waals surface area contributed by atoms with Crippen molar-refractivity contribution in [3.63, 3.8) is 0 Å². The van der Waals surface area contributed by atoms with Gasteiger partial charge < -0.3 is 20.7 Å². The third kappa shape index (κ3) is 5.20. The van der Waals surface area contributed by atoms with E-state index < -0.39 is 27.4 Å². The summed E-state index contributed by atoms with van der Waals surface area (Å²) >= 11 is 0. The van der Waals surface area contributed by atoms with Crippen LogP contribution in [-0.2, 0) is 21.1 Å². The highest BCUT2D eigenvalue weighted by Gasteiger charge is 2.44. The predicted molar refractivity (Wildman–Crippen MR) is 122 cm³/mol. The maximum Gasteiger partial charge on any atom is 0.338 e. The monoisotopic (exact) mass is 474 g/mol. The van der Waals surface area contributed by atoms with E-state index >= 15 is 0 Å². The van der Waals surface area contributed by atoms with Crippen molar-refractivity contribution < 1.29 is 28.2 Å². The number of ether oxygens (including phenoxy) is 1. The molecule has 0 radical (unpaired) electrons. The fourth-order valence-electron chi connectivity index (χ4n) is 4.31. The Kier molecular flexibility index (Phi) is 6.74. The zero-order valence-electron chi connectivity index (χ0n) is 18.4. The molecule has 0 bridgehead atoms. The van der Waals surface area contributed by atoms with Crippen LogP contribution in [0.15, 0.2) is 47.5 Å². The Hall–Kier alpha value is -2.49. The lowest BCUT2D eigenvalue weighted by Gasteiger charge is -2.30. The van der Waals surface area contributed by atoms with E-state index in [1.807, 2.05) is 0 Å². The molecule has 1 heterocycles. The van der Waals surface area contributed by atoms with Crippen molar-refractivity contribution in [3.8, 4) is 5.75 Å². The third-order valence-corrected chi connectivity index (χ3v) is 8.79. The molecule has 33 heavy (non-hydrogen) atoms. The summed E-state index contributed by atoms with van der Waals surface area (Å²) in [6.07, 6.45) is 8.04. The number of pyridine rings is 1. The molecule has 1 aromatic carbocycles. The lowest BCUT2D eigenvalue weighted by Crippen LogP contribution is -2.50. The molecule has 2 aromatic rings. The highest BCUT2D eigenvalue weighted by Crippen LogP contribution is 2.35. The third-order valence-electron chi connectivity index (χ3n) is 6.51. The van der Waals surface area contributed by atoms with Crippen molar-refractivity contribution in [2.75, 3.05) is 0 Å². The van der Waals surface area contributed by atoms with Gasteiger partial charge in [-0.15, -0.1) is 0 Å². The van der Waals surface area contributed by atoms with E-state index in [1.165, 1.54) is 36.9 Å². The molecule has 178 valence electrons. The minimum atomic E-state index is -3.37. The number of aliphatic carboxylic acids is 1. The van der Waals surface area contributed by atoms with Crippen LogP contribution in [0.2, 0.25) is 0 Å². The first-order valence-corrected chi connectivity index (χ1v) is 12.9. The van der Waals surface area contributed by atoms with Gasteiger partial charge in [-0.2, -0.15) is 0 Å². The Balaban J connectivity index is 1.52. The summed E-state index contributed by atoms with van der Waals surface area (Å²) in [5, 5.41) is 20.6. The van der Waals surface area contributed by atoms with Gasteiger partial charge in [0.25, 0.3) is 0 Å². The standard InChI is InChI=1S/C24H30N2O6S/c25-22(16-6-8-20(9-7-16)33(30,31)21-10-11-21)24(29,23(27)28)15-17-14-19(12-13-26-17)32-18-4-2-1-3-5-18/h6-9,12-14,18,21-22,29H,1-5,10-11,15,25H2,(H,27,28)/t22-,24+/m0/s1. The summed E-state index contributed by atoms with van der Waals surface area (Å²) in [5.74, 6) is -0.895. The number of benzene rings is 1. The molecule has 9 heteroatoms. The second kappa shape index (κ2) is 9.40. The van der Waals surface area contributed by atoms with Crippen LogP contribution in [0.1, 0.15) is 62.2 Å². The topological polar surface area (TPSA) is 140 Å². The second-order valence-electron chi connectivity index (χ2n) is 9.06. The maximum atomic E-state index is 12.4. The summed E-state index contributed by atoms with van der Waals surface area (Å²) < 4.78 is 30.8. The Bertz CT molecular complexity index is 1090. The Morgan fingerprint density at radius 3 is 2.39 bits per heavy atom. The summed E-state index contributed by atoms with van der Waals surface area (Å²) in [4.78, 5) is 16.5. The summed E-state index contributed by atoms with van der Waals surface area (Å²) in [6.45, 7) is 0. The molecule has 0 unspecified atom stereocenters. The van der Waals surface area contributed by atoms with Crippen LogP contribution in [0.3, 0.4) is 0 Å². The molecule has 0 spiro atoms. The zero-order valence-corrected chi connectivity index (χ0v) is 19.2. The van der Waals surface area contributed by atoms with Crippen molar-refractivity contribution in [2.45, 2.75) is 79.3 Å². The van der Waals surface area contributed by atoms with Gasteiger partial charge in [0.1, 0.15) is 5.75 Å². The van der Waals surface area contributed by atoms with Crippen LogP contribution in [0, 0.1) is 0 Å². The minimum absolute atomic E-state index is 0.125. The fourth-order valence-corrected chi connectivity index (χ4v) is 5.96. The first kappa shape index (κ1) is 23.7. The highest BCUT2D eigenvalue weighted by atomic mass is 32.2. The first-order valence-electron chi connectivity index (χ1n) is 11.4. The lowest BCUT2D eigenvalue weighted by molar-refractivity contribution is -0.161. The number of carboxylic acid groups (broad SMARTS) is 1. The number of carboxylic acids is 1. The molecule has 2 fully saturated rings. The van der Waals surface area contributed by atoms with Gasteiger partial charge in [0.05, 0.1) is 22.3 Å². The van der Waals surface area contributed by atoms with Crippen LogP contribution < -0.4 is 10.5 Å².